The van der Waals surface area contributed by atoms with Gasteiger partial charge in [0.2, 0.25) is 5.91 Å². The lowest BCUT2D eigenvalue weighted by Gasteiger charge is -2.43. The Kier molecular flexibility index (Phi) is 5.73. The van der Waals surface area contributed by atoms with E-state index in [2.05, 4.69) is 15.2 Å². The van der Waals surface area contributed by atoms with Crippen LogP contribution in [-0.2, 0) is 16.0 Å². The molecular formula is C15H23N3O2S2. The number of hydrogen-bond donors (Lipinski definition) is 1. The van der Waals surface area contributed by atoms with Crippen LogP contribution >= 0.6 is 23.1 Å². The fourth-order valence-electron chi connectivity index (χ4n) is 3.09. The van der Waals surface area contributed by atoms with E-state index in [4.69, 9.17) is 4.74 Å². The van der Waals surface area contributed by atoms with Crippen LogP contribution in [0.2, 0.25) is 0 Å². The summed E-state index contributed by atoms with van der Waals surface area (Å²) in [7, 11) is 0. The van der Waals surface area contributed by atoms with E-state index in [1.54, 1.807) is 11.3 Å². The number of ether oxygens (including phenoxy) is 1. The van der Waals surface area contributed by atoms with E-state index in [0.717, 1.165) is 57.1 Å². The van der Waals surface area contributed by atoms with Crippen LogP contribution < -0.4 is 5.32 Å². The highest BCUT2D eigenvalue weighted by atomic mass is 32.2. The number of hydrogen-bond acceptors (Lipinski definition) is 6. The second-order valence-corrected chi connectivity index (χ2v) is 7.71. The predicted octanol–water partition coefficient (Wildman–Crippen LogP) is 1.40. The first kappa shape index (κ1) is 16.2. The molecule has 1 N–H and O–H groups in total. The molecule has 1 unspecified atom stereocenters. The number of rotatable bonds is 6. The Morgan fingerprint density at radius 3 is 3.00 bits per heavy atom. The molecule has 1 amide bonds. The molecule has 0 saturated carbocycles. The summed E-state index contributed by atoms with van der Waals surface area (Å²) in [5, 5.41) is 5.18. The van der Waals surface area contributed by atoms with Gasteiger partial charge in [-0.3, -0.25) is 9.69 Å². The first-order valence-electron chi connectivity index (χ1n) is 7.83. The minimum absolute atomic E-state index is 0.130. The molecule has 2 aliphatic rings. The molecule has 122 valence electrons. The summed E-state index contributed by atoms with van der Waals surface area (Å²) in [5.74, 6) is 2.43. The smallest absolute Gasteiger partial charge is 0.220 e. The largest absolute Gasteiger partial charge is 0.379 e. The number of nitrogens with one attached hydrogen (secondary N) is 1. The Labute approximate surface area is 139 Å². The molecule has 2 fully saturated rings. The number of aryl methyl sites for hydroxylation is 1. The number of nitrogens with zero attached hydrogens (tertiary/aromatic N) is 2. The van der Waals surface area contributed by atoms with E-state index in [0.29, 0.717) is 6.42 Å². The van der Waals surface area contributed by atoms with Crippen molar-refractivity contribution in [1.82, 2.24) is 15.2 Å². The van der Waals surface area contributed by atoms with Gasteiger partial charge in [0.1, 0.15) is 0 Å². The fourth-order valence-corrected chi connectivity index (χ4v) is 5.16. The van der Waals surface area contributed by atoms with Crippen molar-refractivity contribution in [3.05, 3.63) is 16.6 Å². The Bertz CT molecular complexity index is 469. The molecule has 22 heavy (non-hydrogen) atoms. The van der Waals surface area contributed by atoms with Crippen LogP contribution in [0.1, 0.15) is 18.5 Å². The average Bonchev–Trinajstić information content (AvgIpc) is 3.24. The maximum atomic E-state index is 12.1. The number of morpholine rings is 1. The van der Waals surface area contributed by atoms with Crippen LogP contribution in [0.3, 0.4) is 0 Å². The fraction of sp³-hybridized carbons (Fsp3) is 0.733. The van der Waals surface area contributed by atoms with E-state index in [9.17, 15) is 4.79 Å². The maximum Gasteiger partial charge on any atom is 0.220 e. The van der Waals surface area contributed by atoms with Crippen LogP contribution in [0.15, 0.2) is 10.9 Å². The highest BCUT2D eigenvalue weighted by molar-refractivity contribution is 7.99. The van der Waals surface area contributed by atoms with E-state index >= 15 is 0 Å². The summed E-state index contributed by atoms with van der Waals surface area (Å²) >= 11 is 3.57. The van der Waals surface area contributed by atoms with Crippen molar-refractivity contribution in [3.63, 3.8) is 0 Å². The third-order valence-corrected chi connectivity index (χ3v) is 6.34. The van der Waals surface area contributed by atoms with Crippen molar-refractivity contribution in [2.24, 2.45) is 0 Å². The van der Waals surface area contributed by atoms with Gasteiger partial charge in [0.25, 0.3) is 0 Å². The molecule has 3 rings (SSSR count). The number of aromatic nitrogens is 1. The van der Waals surface area contributed by atoms with Gasteiger partial charge in [0.05, 0.1) is 24.4 Å². The molecule has 2 aliphatic heterocycles. The van der Waals surface area contributed by atoms with Gasteiger partial charge in [0.15, 0.2) is 0 Å². The molecule has 0 spiro atoms. The topological polar surface area (TPSA) is 54.5 Å². The van der Waals surface area contributed by atoms with E-state index in [-0.39, 0.29) is 11.4 Å². The second kappa shape index (κ2) is 7.77. The molecule has 0 bridgehead atoms. The van der Waals surface area contributed by atoms with E-state index in [1.807, 2.05) is 22.7 Å². The zero-order chi connectivity index (χ0) is 15.3. The third kappa shape index (κ3) is 4.01. The summed E-state index contributed by atoms with van der Waals surface area (Å²) in [6, 6.07) is 0. The van der Waals surface area contributed by atoms with Gasteiger partial charge in [-0.25, -0.2) is 4.98 Å². The molecular weight excluding hydrogens is 318 g/mol. The van der Waals surface area contributed by atoms with Crippen molar-refractivity contribution >= 4 is 29.0 Å². The number of carbonyl (C=O) groups excluding carboxylic acids is 1. The van der Waals surface area contributed by atoms with Gasteiger partial charge < -0.3 is 10.1 Å². The van der Waals surface area contributed by atoms with E-state index < -0.39 is 0 Å². The zero-order valence-corrected chi connectivity index (χ0v) is 14.4. The minimum atomic E-state index is 0.130. The Hall–Kier alpha value is -0.630. The SMILES string of the molecule is O=C(CCc1cscn1)NCC1(N2CCOCC2)CCSC1. The molecule has 1 aromatic heterocycles. The Morgan fingerprint density at radius 2 is 2.32 bits per heavy atom. The molecule has 3 heterocycles. The lowest BCUT2D eigenvalue weighted by atomic mass is 9.95. The summed E-state index contributed by atoms with van der Waals surface area (Å²) in [6.45, 7) is 4.34. The van der Waals surface area contributed by atoms with Crippen molar-refractivity contribution in [2.45, 2.75) is 24.8 Å². The highest BCUT2D eigenvalue weighted by Gasteiger charge is 2.40. The number of thioether (sulfide) groups is 1. The van der Waals surface area contributed by atoms with Crippen molar-refractivity contribution < 1.29 is 9.53 Å². The molecule has 5 nitrogen and oxygen atoms in total. The number of carbonyl (C=O) groups is 1. The lowest BCUT2D eigenvalue weighted by Crippen LogP contribution is -2.59. The Balaban J connectivity index is 1.49. The van der Waals surface area contributed by atoms with E-state index in [1.165, 1.54) is 5.75 Å². The molecule has 0 aliphatic carbocycles. The van der Waals surface area contributed by atoms with Crippen LogP contribution in [0.5, 0.6) is 0 Å². The molecule has 0 aromatic carbocycles. The molecule has 7 heteroatoms. The lowest BCUT2D eigenvalue weighted by molar-refractivity contribution is -0.121. The Morgan fingerprint density at radius 1 is 1.45 bits per heavy atom. The van der Waals surface area contributed by atoms with Gasteiger partial charge >= 0.3 is 0 Å². The van der Waals surface area contributed by atoms with Crippen LogP contribution in [0.4, 0.5) is 0 Å². The maximum absolute atomic E-state index is 12.1. The summed E-state index contributed by atoms with van der Waals surface area (Å²) in [6.07, 6.45) is 2.41. The number of thiazole rings is 1. The summed E-state index contributed by atoms with van der Waals surface area (Å²) in [4.78, 5) is 18.9. The highest BCUT2D eigenvalue weighted by Crippen LogP contribution is 2.33. The monoisotopic (exact) mass is 341 g/mol. The van der Waals surface area contributed by atoms with Crippen LogP contribution in [0, 0.1) is 0 Å². The van der Waals surface area contributed by atoms with Gasteiger partial charge in [-0.05, 0) is 18.6 Å². The van der Waals surface area contributed by atoms with Crippen molar-refractivity contribution in [2.75, 3.05) is 44.4 Å². The minimum Gasteiger partial charge on any atom is -0.379 e. The van der Waals surface area contributed by atoms with Crippen molar-refractivity contribution in [3.8, 4) is 0 Å². The normalized spacial score (nSPS) is 26.2. The first-order valence-corrected chi connectivity index (χ1v) is 9.93. The van der Waals surface area contributed by atoms with Crippen LogP contribution in [0.25, 0.3) is 0 Å². The van der Waals surface area contributed by atoms with Crippen molar-refractivity contribution in [1.29, 1.82) is 0 Å². The number of amides is 1. The molecule has 1 aromatic rings. The standard InChI is InChI=1S/C15H23N3O2S2/c19-14(2-1-13-9-22-12-17-13)16-10-15(3-8-21-11-15)18-4-6-20-7-5-18/h9,12H,1-8,10-11H2,(H,16,19). The predicted molar refractivity (Wildman–Crippen MR) is 90.5 cm³/mol. The third-order valence-electron chi connectivity index (χ3n) is 4.47. The van der Waals surface area contributed by atoms with Gasteiger partial charge in [0, 0.05) is 42.7 Å². The van der Waals surface area contributed by atoms with Crippen LogP contribution in [-0.4, -0.2) is 65.7 Å². The molecule has 1 atom stereocenters. The van der Waals surface area contributed by atoms with Gasteiger partial charge in [-0.15, -0.1) is 11.3 Å². The average molecular weight is 342 g/mol. The molecule has 0 radical (unpaired) electrons. The second-order valence-electron chi connectivity index (χ2n) is 5.88. The summed E-state index contributed by atoms with van der Waals surface area (Å²) in [5.41, 5.74) is 2.96. The quantitative estimate of drug-likeness (QED) is 0.848. The van der Waals surface area contributed by atoms with Gasteiger partial charge in [-0.2, -0.15) is 11.8 Å². The first-order chi connectivity index (χ1) is 10.8. The molecule has 2 saturated heterocycles. The van der Waals surface area contributed by atoms with Gasteiger partial charge in [-0.1, -0.05) is 0 Å². The summed E-state index contributed by atoms with van der Waals surface area (Å²) < 4.78 is 5.47. The zero-order valence-electron chi connectivity index (χ0n) is 12.8.